The molecule has 0 atom stereocenters. The summed E-state index contributed by atoms with van der Waals surface area (Å²) in [5.41, 5.74) is 1.02. The number of hydrogen-bond acceptors (Lipinski definition) is 4. The van der Waals surface area contributed by atoms with Crippen LogP contribution in [0.4, 0.5) is 4.79 Å². The van der Waals surface area contributed by atoms with Crippen LogP contribution in [0.1, 0.15) is 12.8 Å². The van der Waals surface area contributed by atoms with E-state index in [9.17, 15) is 4.79 Å². The van der Waals surface area contributed by atoms with Crippen LogP contribution in [0, 0.1) is 5.92 Å². The van der Waals surface area contributed by atoms with E-state index in [-0.39, 0.29) is 0 Å². The van der Waals surface area contributed by atoms with Crippen molar-refractivity contribution in [2.75, 3.05) is 26.7 Å². The number of hydrogen-bond donors (Lipinski definition) is 1. The van der Waals surface area contributed by atoms with Gasteiger partial charge in [-0.25, -0.2) is 4.79 Å². The molecule has 3 rings (SSSR count). The third kappa shape index (κ3) is 1.87. The van der Waals surface area contributed by atoms with Crippen LogP contribution < -0.4 is 5.32 Å². The van der Waals surface area contributed by atoms with E-state index in [2.05, 4.69) is 15.4 Å². The third-order valence-corrected chi connectivity index (χ3v) is 2.89. The Morgan fingerprint density at radius 3 is 2.79 bits per heavy atom. The van der Waals surface area contributed by atoms with Crippen LogP contribution in [0.3, 0.4) is 0 Å². The summed E-state index contributed by atoms with van der Waals surface area (Å²) in [7, 11) is 1.53. The minimum Gasteiger partial charge on any atom is -0.323 e. The third-order valence-electron chi connectivity index (χ3n) is 2.89. The van der Waals surface area contributed by atoms with Crippen molar-refractivity contribution in [1.29, 1.82) is 0 Å². The number of amides is 1. The second kappa shape index (κ2) is 3.96. The molecule has 0 aliphatic carbocycles. The number of rotatable bonds is 1. The monoisotopic (exact) mass is 197 g/mol. The Balaban J connectivity index is 1.94. The molecule has 1 amide bonds. The van der Waals surface area contributed by atoms with Gasteiger partial charge in [0, 0.05) is 19.5 Å². The lowest BCUT2D eigenvalue weighted by Gasteiger charge is -2.39. The Morgan fingerprint density at radius 1 is 1.57 bits per heavy atom. The maximum absolute atomic E-state index is 10.8. The average molecular weight is 197 g/mol. The molecule has 2 bridgehead atoms. The molecule has 3 saturated heterocycles. The first-order chi connectivity index (χ1) is 6.79. The van der Waals surface area contributed by atoms with Crippen LogP contribution in [-0.4, -0.2) is 43.4 Å². The lowest BCUT2D eigenvalue weighted by Crippen LogP contribution is -2.48. The van der Waals surface area contributed by atoms with E-state index in [4.69, 9.17) is 4.84 Å². The average Bonchev–Trinajstić information content (AvgIpc) is 2.27. The van der Waals surface area contributed by atoms with Gasteiger partial charge in [-0.1, -0.05) is 5.16 Å². The Hall–Kier alpha value is -1.10. The zero-order valence-corrected chi connectivity index (χ0v) is 8.32. The van der Waals surface area contributed by atoms with Gasteiger partial charge in [0.15, 0.2) is 0 Å². The Labute approximate surface area is 83.1 Å². The molecule has 0 aromatic rings. The van der Waals surface area contributed by atoms with Gasteiger partial charge < -0.3 is 5.32 Å². The number of carbonyl (C=O) groups excluding carboxylic acids is 1. The Morgan fingerprint density at radius 2 is 2.29 bits per heavy atom. The summed E-state index contributed by atoms with van der Waals surface area (Å²) in [5.74, 6) is 0.532. The van der Waals surface area contributed by atoms with Gasteiger partial charge >= 0.3 is 6.09 Å². The van der Waals surface area contributed by atoms with E-state index in [1.165, 1.54) is 7.05 Å². The topological polar surface area (TPSA) is 53.9 Å². The standard InChI is InChI=1S/C9H15N3O2/c1-10-9(13)14-11-8-6-12-4-2-7(8)3-5-12/h7H,2-6H2,1H3,(H,10,13)/b11-8-. The molecular formula is C9H15N3O2. The van der Waals surface area contributed by atoms with E-state index in [0.717, 1.165) is 38.2 Å². The van der Waals surface area contributed by atoms with Crippen LogP contribution in [0.25, 0.3) is 0 Å². The minimum atomic E-state index is -0.492. The summed E-state index contributed by atoms with van der Waals surface area (Å²) >= 11 is 0. The Bertz CT molecular complexity index is 257. The predicted molar refractivity (Wildman–Crippen MR) is 52.1 cm³/mol. The molecule has 0 spiro atoms. The summed E-state index contributed by atoms with van der Waals surface area (Å²) in [6.45, 7) is 3.18. The van der Waals surface area contributed by atoms with Crippen molar-refractivity contribution in [3.8, 4) is 0 Å². The van der Waals surface area contributed by atoms with Gasteiger partial charge in [0.2, 0.25) is 0 Å². The van der Waals surface area contributed by atoms with Gasteiger partial charge in [-0.3, -0.25) is 9.74 Å². The molecule has 3 aliphatic heterocycles. The molecule has 0 unspecified atom stereocenters. The highest BCUT2D eigenvalue weighted by Crippen LogP contribution is 2.25. The molecule has 3 heterocycles. The number of nitrogens with zero attached hydrogens (tertiary/aromatic N) is 2. The number of oxime groups is 1. The van der Waals surface area contributed by atoms with Crippen LogP contribution in [0.15, 0.2) is 5.16 Å². The minimum absolute atomic E-state index is 0.492. The lowest BCUT2D eigenvalue weighted by molar-refractivity contribution is 0.144. The zero-order valence-electron chi connectivity index (χ0n) is 8.32. The first-order valence-electron chi connectivity index (χ1n) is 4.97. The molecule has 0 aromatic carbocycles. The smallest absolute Gasteiger partial charge is 0.323 e. The van der Waals surface area contributed by atoms with Crippen LogP contribution in [0.5, 0.6) is 0 Å². The van der Waals surface area contributed by atoms with E-state index in [1.54, 1.807) is 0 Å². The molecule has 5 nitrogen and oxygen atoms in total. The van der Waals surface area contributed by atoms with Gasteiger partial charge in [0.1, 0.15) is 0 Å². The fourth-order valence-corrected chi connectivity index (χ4v) is 2.03. The molecule has 5 heteroatoms. The van der Waals surface area contributed by atoms with Crippen molar-refractivity contribution >= 4 is 11.8 Å². The van der Waals surface area contributed by atoms with Crippen molar-refractivity contribution in [2.24, 2.45) is 11.1 Å². The molecule has 0 saturated carbocycles. The summed E-state index contributed by atoms with van der Waals surface area (Å²) in [6, 6.07) is 0. The number of carbonyl (C=O) groups is 1. The molecule has 0 radical (unpaired) electrons. The summed E-state index contributed by atoms with van der Waals surface area (Å²) in [6.07, 6.45) is 1.81. The molecule has 1 N–H and O–H groups in total. The highest BCUT2D eigenvalue weighted by atomic mass is 16.7. The quantitative estimate of drug-likeness (QED) is 0.489. The van der Waals surface area contributed by atoms with E-state index >= 15 is 0 Å². The first-order valence-corrected chi connectivity index (χ1v) is 4.97. The van der Waals surface area contributed by atoms with E-state index in [1.807, 2.05) is 0 Å². The van der Waals surface area contributed by atoms with Crippen LogP contribution in [-0.2, 0) is 4.84 Å². The van der Waals surface area contributed by atoms with Crippen molar-refractivity contribution in [3.05, 3.63) is 0 Å². The van der Waals surface area contributed by atoms with Crippen LogP contribution in [0.2, 0.25) is 0 Å². The summed E-state index contributed by atoms with van der Waals surface area (Å²) in [5, 5.41) is 6.27. The van der Waals surface area contributed by atoms with E-state index in [0.29, 0.717) is 5.92 Å². The van der Waals surface area contributed by atoms with Gasteiger partial charge in [0.05, 0.1) is 5.71 Å². The van der Waals surface area contributed by atoms with Crippen molar-refractivity contribution in [3.63, 3.8) is 0 Å². The molecule has 14 heavy (non-hydrogen) atoms. The van der Waals surface area contributed by atoms with Gasteiger partial charge in [-0.15, -0.1) is 0 Å². The summed E-state index contributed by atoms with van der Waals surface area (Å²) in [4.78, 5) is 17.8. The maximum atomic E-state index is 10.8. The van der Waals surface area contributed by atoms with Gasteiger partial charge in [-0.2, -0.15) is 0 Å². The largest absolute Gasteiger partial charge is 0.433 e. The number of nitrogens with one attached hydrogen (secondary N) is 1. The van der Waals surface area contributed by atoms with Crippen molar-refractivity contribution in [2.45, 2.75) is 12.8 Å². The summed E-state index contributed by atoms with van der Waals surface area (Å²) < 4.78 is 0. The zero-order chi connectivity index (χ0) is 9.97. The van der Waals surface area contributed by atoms with Gasteiger partial charge in [-0.05, 0) is 25.9 Å². The second-order valence-electron chi connectivity index (χ2n) is 3.76. The highest BCUT2D eigenvalue weighted by Gasteiger charge is 2.31. The Kier molecular flexibility index (Phi) is 2.67. The first kappa shape index (κ1) is 9.45. The van der Waals surface area contributed by atoms with Crippen molar-refractivity contribution in [1.82, 2.24) is 10.2 Å². The highest BCUT2D eigenvalue weighted by molar-refractivity contribution is 5.90. The van der Waals surface area contributed by atoms with Gasteiger partial charge in [0.25, 0.3) is 0 Å². The fraction of sp³-hybridized carbons (Fsp3) is 0.778. The van der Waals surface area contributed by atoms with Crippen molar-refractivity contribution < 1.29 is 9.63 Å². The predicted octanol–water partition coefficient (Wildman–Crippen LogP) is 0.424. The number of fused-ring (bicyclic) bond motifs is 3. The molecule has 3 aliphatic rings. The SMILES string of the molecule is CNC(=O)O/N=C1/CN2CCC1CC2. The maximum Gasteiger partial charge on any atom is 0.433 e. The second-order valence-corrected chi connectivity index (χ2v) is 3.76. The van der Waals surface area contributed by atoms with Crippen LogP contribution >= 0.6 is 0 Å². The molecular weight excluding hydrogens is 182 g/mol. The fourth-order valence-electron chi connectivity index (χ4n) is 2.03. The molecule has 78 valence electrons. The molecule has 0 aromatic heterocycles. The molecule has 3 fully saturated rings. The normalized spacial score (nSPS) is 33.1. The van der Waals surface area contributed by atoms with E-state index < -0.39 is 6.09 Å². The number of piperidine rings is 3. The lowest BCUT2D eigenvalue weighted by atomic mass is 9.87.